The summed E-state index contributed by atoms with van der Waals surface area (Å²) >= 11 is 11.8. The molecule has 1 aliphatic rings. The Hall–Kier alpha value is -0.530. The standard InChI is InChI=1S/C12H11Cl2F/c13-10-5-4-8(7-10)6-9-2-1-3-11(15)12(9)14/h1-3,7,10H,4-6H2. The van der Waals surface area contributed by atoms with Gasteiger partial charge in [0.25, 0.3) is 0 Å². The maximum atomic E-state index is 13.2. The van der Waals surface area contributed by atoms with Gasteiger partial charge in [-0.25, -0.2) is 4.39 Å². The molecule has 0 bridgehead atoms. The molecular formula is C12H11Cl2F. The van der Waals surface area contributed by atoms with Crippen molar-refractivity contribution in [2.75, 3.05) is 0 Å². The van der Waals surface area contributed by atoms with Gasteiger partial charge in [0.1, 0.15) is 5.82 Å². The third kappa shape index (κ3) is 2.53. The fourth-order valence-corrected chi connectivity index (χ4v) is 2.30. The summed E-state index contributed by atoms with van der Waals surface area (Å²) < 4.78 is 13.2. The predicted molar refractivity (Wildman–Crippen MR) is 62.1 cm³/mol. The first-order chi connectivity index (χ1) is 7.16. The quantitative estimate of drug-likeness (QED) is 0.536. The van der Waals surface area contributed by atoms with Gasteiger partial charge in [0.05, 0.1) is 10.4 Å². The molecule has 0 saturated carbocycles. The number of allylic oxidation sites excluding steroid dienone is 2. The van der Waals surface area contributed by atoms with Gasteiger partial charge < -0.3 is 0 Å². The second kappa shape index (κ2) is 4.54. The predicted octanol–water partition coefficient (Wildman–Crippen LogP) is 4.35. The smallest absolute Gasteiger partial charge is 0.142 e. The lowest BCUT2D eigenvalue weighted by molar-refractivity contribution is 0.626. The van der Waals surface area contributed by atoms with E-state index in [0.29, 0.717) is 6.42 Å². The minimum Gasteiger partial charge on any atom is -0.205 e. The van der Waals surface area contributed by atoms with E-state index < -0.39 is 0 Å². The van der Waals surface area contributed by atoms with Crippen LogP contribution in [0.4, 0.5) is 4.39 Å². The van der Waals surface area contributed by atoms with Crippen molar-refractivity contribution in [1.82, 2.24) is 0 Å². The van der Waals surface area contributed by atoms with Crippen LogP contribution in [-0.4, -0.2) is 5.38 Å². The van der Waals surface area contributed by atoms with Gasteiger partial charge in [0, 0.05) is 0 Å². The van der Waals surface area contributed by atoms with E-state index in [-0.39, 0.29) is 16.2 Å². The Balaban J connectivity index is 2.18. The molecule has 0 spiro atoms. The molecule has 2 rings (SSSR count). The summed E-state index contributed by atoms with van der Waals surface area (Å²) in [6.07, 6.45) is 4.72. The molecule has 0 amide bonds. The van der Waals surface area contributed by atoms with E-state index in [1.165, 1.54) is 11.6 Å². The van der Waals surface area contributed by atoms with Crippen molar-refractivity contribution in [1.29, 1.82) is 0 Å². The van der Waals surface area contributed by atoms with Crippen molar-refractivity contribution in [2.24, 2.45) is 0 Å². The zero-order chi connectivity index (χ0) is 10.8. The van der Waals surface area contributed by atoms with Crippen molar-refractivity contribution < 1.29 is 4.39 Å². The summed E-state index contributed by atoms with van der Waals surface area (Å²) in [5.74, 6) is -0.352. The highest BCUT2D eigenvalue weighted by molar-refractivity contribution is 6.31. The SMILES string of the molecule is Fc1cccc(CC2=CC(Cl)CC2)c1Cl. The lowest BCUT2D eigenvalue weighted by Gasteiger charge is -2.05. The topological polar surface area (TPSA) is 0 Å². The minimum atomic E-state index is -0.352. The van der Waals surface area contributed by atoms with E-state index in [0.717, 1.165) is 18.4 Å². The molecule has 1 aromatic carbocycles. The Morgan fingerprint density at radius 1 is 1.40 bits per heavy atom. The van der Waals surface area contributed by atoms with Gasteiger partial charge in [-0.2, -0.15) is 0 Å². The summed E-state index contributed by atoms with van der Waals surface area (Å²) in [7, 11) is 0. The lowest BCUT2D eigenvalue weighted by Crippen LogP contribution is -1.91. The monoisotopic (exact) mass is 244 g/mol. The highest BCUT2D eigenvalue weighted by Gasteiger charge is 2.15. The number of alkyl halides is 1. The van der Waals surface area contributed by atoms with E-state index in [9.17, 15) is 4.39 Å². The summed E-state index contributed by atoms with van der Waals surface area (Å²) in [5, 5.41) is 0.365. The van der Waals surface area contributed by atoms with Crippen molar-refractivity contribution in [3.8, 4) is 0 Å². The molecule has 0 saturated heterocycles. The lowest BCUT2D eigenvalue weighted by atomic mass is 10.0. The molecule has 0 heterocycles. The van der Waals surface area contributed by atoms with Crippen molar-refractivity contribution in [3.63, 3.8) is 0 Å². The molecule has 0 fully saturated rings. The van der Waals surface area contributed by atoms with Gasteiger partial charge in [-0.15, -0.1) is 11.6 Å². The first-order valence-electron chi connectivity index (χ1n) is 4.93. The van der Waals surface area contributed by atoms with Crippen molar-refractivity contribution >= 4 is 23.2 Å². The molecule has 1 aromatic rings. The molecule has 0 N–H and O–H groups in total. The van der Waals surface area contributed by atoms with Crippen LogP contribution in [0.25, 0.3) is 0 Å². The molecule has 0 radical (unpaired) electrons. The van der Waals surface area contributed by atoms with Crippen LogP contribution < -0.4 is 0 Å². The summed E-state index contributed by atoms with van der Waals surface area (Å²) in [6, 6.07) is 4.91. The molecule has 3 heteroatoms. The molecule has 1 unspecified atom stereocenters. The van der Waals surface area contributed by atoms with E-state index in [2.05, 4.69) is 0 Å². The molecule has 0 aliphatic heterocycles. The number of benzene rings is 1. The van der Waals surface area contributed by atoms with Gasteiger partial charge in [-0.3, -0.25) is 0 Å². The molecule has 1 aliphatic carbocycles. The van der Waals surface area contributed by atoms with E-state index >= 15 is 0 Å². The Bertz CT molecular complexity index is 399. The highest BCUT2D eigenvalue weighted by Crippen LogP contribution is 2.28. The maximum absolute atomic E-state index is 13.2. The second-order valence-electron chi connectivity index (χ2n) is 3.77. The first-order valence-corrected chi connectivity index (χ1v) is 5.75. The van der Waals surface area contributed by atoms with Crippen LogP contribution in [0.15, 0.2) is 29.8 Å². The Morgan fingerprint density at radius 2 is 2.20 bits per heavy atom. The Kier molecular flexibility index (Phi) is 3.32. The second-order valence-corrected chi connectivity index (χ2v) is 4.71. The zero-order valence-corrected chi connectivity index (χ0v) is 9.65. The fourth-order valence-electron chi connectivity index (χ4n) is 1.82. The summed E-state index contributed by atoms with van der Waals surface area (Å²) in [4.78, 5) is 0. The third-order valence-corrected chi connectivity index (χ3v) is 3.37. The summed E-state index contributed by atoms with van der Waals surface area (Å²) in [5.41, 5.74) is 2.09. The number of halogens is 3. The first kappa shape index (κ1) is 11.0. The highest BCUT2D eigenvalue weighted by atomic mass is 35.5. The number of hydrogen-bond acceptors (Lipinski definition) is 0. The van der Waals surface area contributed by atoms with Crippen LogP contribution in [0.1, 0.15) is 18.4 Å². The van der Waals surface area contributed by atoms with Gasteiger partial charge >= 0.3 is 0 Å². The van der Waals surface area contributed by atoms with E-state index in [1.807, 2.05) is 12.1 Å². The van der Waals surface area contributed by atoms with Gasteiger partial charge in [0.2, 0.25) is 0 Å². The van der Waals surface area contributed by atoms with E-state index in [4.69, 9.17) is 23.2 Å². The molecule has 0 nitrogen and oxygen atoms in total. The van der Waals surface area contributed by atoms with Crippen LogP contribution in [0.5, 0.6) is 0 Å². The van der Waals surface area contributed by atoms with Crippen LogP contribution >= 0.6 is 23.2 Å². The minimum absolute atomic E-state index is 0.132. The summed E-state index contributed by atoms with van der Waals surface area (Å²) in [6.45, 7) is 0. The van der Waals surface area contributed by atoms with Crippen molar-refractivity contribution in [3.05, 3.63) is 46.3 Å². The largest absolute Gasteiger partial charge is 0.205 e. The number of hydrogen-bond donors (Lipinski definition) is 0. The Labute approximate surface area is 98.7 Å². The van der Waals surface area contributed by atoms with Crippen LogP contribution in [0.3, 0.4) is 0 Å². The normalized spacial score (nSPS) is 20.5. The van der Waals surface area contributed by atoms with Crippen molar-refractivity contribution in [2.45, 2.75) is 24.6 Å². The van der Waals surface area contributed by atoms with E-state index in [1.54, 1.807) is 6.07 Å². The van der Waals surface area contributed by atoms with Crippen LogP contribution in [0.2, 0.25) is 5.02 Å². The third-order valence-electron chi connectivity index (χ3n) is 2.61. The molecule has 15 heavy (non-hydrogen) atoms. The molecular weight excluding hydrogens is 234 g/mol. The molecule has 80 valence electrons. The van der Waals surface area contributed by atoms with Gasteiger partial charge in [0.15, 0.2) is 0 Å². The average molecular weight is 245 g/mol. The average Bonchev–Trinajstić information content (AvgIpc) is 2.59. The van der Waals surface area contributed by atoms with Gasteiger partial charge in [-0.05, 0) is 30.9 Å². The Morgan fingerprint density at radius 3 is 2.87 bits per heavy atom. The van der Waals surface area contributed by atoms with Crippen LogP contribution in [-0.2, 0) is 6.42 Å². The fraction of sp³-hybridized carbons (Fsp3) is 0.333. The van der Waals surface area contributed by atoms with Crippen LogP contribution in [0, 0.1) is 5.82 Å². The molecule has 1 atom stereocenters. The molecule has 0 aromatic heterocycles. The number of rotatable bonds is 2. The van der Waals surface area contributed by atoms with Gasteiger partial charge in [-0.1, -0.05) is 35.4 Å². The maximum Gasteiger partial charge on any atom is 0.142 e. The zero-order valence-electron chi connectivity index (χ0n) is 8.14.